The van der Waals surface area contributed by atoms with Crippen LogP contribution >= 0.6 is 0 Å². The fraction of sp³-hybridized carbons (Fsp3) is 0.286. The monoisotopic (exact) mass is 233 g/mol. The largest absolute Gasteiger partial charge is 0.468 e. The maximum absolute atomic E-state index is 13.1. The predicted octanol–water partition coefficient (Wildman–Crippen LogP) is 3.58. The quantitative estimate of drug-likeness (QED) is 0.873. The second-order valence-corrected chi connectivity index (χ2v) is 4.18. The topological polar surface area (TPSA) is 25.2 Å². The normalized spacial score (nSPS) is 12.6. The molecule has 1 atom stereocenters. The van der Waals surface area contributed by atoms with Crippen LogP contribution in [-0.4, -0.2) is 0 Å². The third-order valence-electron chi connectivity index (χ3n) is 2.89. The summed E-state index contributed by atoms with van der Waals surface area (Å²) < 4.78 is 18.4. The van der Waals surface area contributed by atoms with Crippen molar-refractivity contribution in [2.24, 2.45) is 0 Å². The number of halogens is 1. The lowest BCUT2D eigenvalue weighted by Gasteiger charge is -2.13. The molecule has 2 nitrogen and oxygen atoms in total. The van der Waals surface area contributed by atoms with Crippen LogP contribution in [0.15, 0.2) is 41.0 Å². The van der Waals surface area contributed by atoms with Gasteiger partial charge in [-0.3, -0.25) is 0 Å². The van der Waals surface area contributed by atoms with E-state index in [0.717, 1.165) is 16.9 Å². The van der Waals surface area contributed by atoms with Crippen LogP contribution in [0, 0.1) is 12.7 Å². The summed E-state index contributed by atoms with van der Waals surface area (Å²) in [4.78, 5) is 0. The van der Waals surface area contributed by atoms with Crippen molar-refractivity contribution >= 4 is 0 Å². The Balaban J connectivity index is 1.98. The number of rotatable bonds is 4. The van der Waals surface area contributed by atoms with Crippen LogP contribution in [0.1, 0.15) is 29.9 Å². The van der Waals surface area contributed by atoms with Gasteiger partial charge in [-0.1, -0.05) is 12.1 Å². The first-order valence-electron chi connectivity index (χ1n) is 5.68. The summed E-state index contributed by atoms with van der Waals surface area (Å²) in [6, 6.07) is 8.66. The number of furan rings is 1. The lowest BCUT2D eigenvalue weighted by Crippen LogP contribution is -2.18. The smallest absolute Gasteiger partial charge is 0.123 e. The third-order valence-corrected chi connectivity index (χ3v) is 2.89. The van der Waals surface area contributed by atoms with Crippen LogP contribution in [0.2, 0.25) is 0 Å². The van der Waals surface area contributed by atoms with E-state index >= 15 is 0 Å². The number of nitrogens with one attached hydrogen (secondary N) is 1. The molecule has 2 rings (SSSR count). The highest BCUT2D eigenvalue weighted by atomic mass is 19.1. The highest BCUT2D eigenvalue weighted by Gasteiger charge is 2.07. The molecule has 0 unspecified atom stereocenters. The van der Waals surface area contributed by atoms with Gasteiger partial charge in [-0.05, 0) is 43.2 Å². The molecule has 0 radical (unpaired) electrons. The zero-order valence-electron chi connectivity index (χ0n) is 10.0. The Hall–Kier alpha value is -1.61. The van der Waals surface area contributed by atoms with Gasteiger partial charge < -0.3 is 9.73 Å². The average molecular weight is 233 g/mol. The summed E-state index contributed by atoms with van der Waals surface area (Å²) in [5, 5.41) is 3.31. The number of benzene rings is 1. The van der Waals surface area contributed by atoms with E-state index in [4.69, 9.17) is 4.42 Å². The van der Waals surface area contributed by atoms with Gasteiger partial charge in [0.2, 0.25) is 0 Å². The number of hydrogen-bond acceptors (Lipinski definition) is 2. The molecule has 0 spiro atoms. The molecule has 0 amide bonds. The lowest BCUT2D eigenvalue weighted by molar-refractivity contribution is 0.457. The Morgan fingerprint density at radius 2 is 2.18 bits per heavy atom. The van der Waals surface area contributed by atoms with Crippen LogP contribution in [0.4, 0.5) is 4.39 Å². The Labute approximate surface area is 100 Å². The van der Waals surface area contributed by atoms with Gasteiger partial charge in [-0.15, -0.1) is 0 Å². The first-order valence-corrected chi connectivity index (χ1v) is 5.68. The Morgan fingerprint density at radius 3 is 2.82 bits per heavy atom. The van der Waals surface area contributed by atoms with Crippen LogP contribution in [-0.2, 0) is 6.54 Å². The molecule has 2 aromatic rings. The second kappa shape index (κ2) is 5.15. The van der Waals surface area contributed by atoms with E-state index < -0.39 is 0 Å². The fourth-order valence-electron chi connectivity index (χ4n) is 1.72. The Kier molecular flexibility index (Phi) is 3.59. The maximum atomic E-state index is 13.1. The molecule has 1 aromatic heterocycles. The first-order chi connectivity index (χ1) is 8.16. The molecule has 0 bridgehead atoms. The van der Waals surface area contributed by atoms with Gasteiger partial charge in [0.05, 0.1) is 12.8 Å². The zero-order chi connectivity index (χ0) is 12.3. The first kappa shape index (κ1) is 11.9. The Bertz CT molecular complexity index is 492. The molecule has 0 aliphatic heterocycles. The van der Waals surface area contributed by atoms with Gasteiger partial charge in [0.15, 0.2) is 0 Å². The molecule has 1 aromatic carbocycles. The molecule has 90 valence electrons. The van der Waals surface area contributed by atoms with E-state index in [-0.39, 0.29) is 11.9 Å². The van der Waals surface area contributed by atoms with Crippen molar-refractivity contribution in [3.8, 4) is 0 Å². The standard InChI is InChI=1S/C14H16FNO/c1-10-6-7-17-14(10)9-16-11(2)12-4-3-5-13(15)8-12/h3-8,11,16H,9H2,1-2H3/t11-/m0/s1. The van der Waals surface area contributed by atoms with Crippen molar-refractivity contribution in [1.29, 1.82) is 0 Å². The van der Waals surface area contributed by atoms with Gasteiger partial charge in [-0.25, -0.2) is 4.39 Å². The van der Waals surface area contributed by atoms with Crippen molar-refractivity contribution in [3.05, 3.63) is 59.3 Å². The molecule has 0 aliphatic carbocycles. The molecular formula is C14H16FNO. The number of aryl methyl sites for hydroxylation is 1. The van der Waals surface area contributed by atoms with Crippen LogP contribution < -0.4 is 5.32 Å². The molecular weight excluding hydrogens is 217 g/mol. The summed E-state index contributed by atoms with van der Waals surface area (Å²) in [7, 11) is 0. The summed E-state index contributed by atoms with van der Waals surface area (Å²) in [6.07, 6.45) is 1.68. The highest BCUT2D eigenvalue weighted by molar-refractivity contribution is 5.20. The van der Waals surface area contributed by atoms with E-state index in [1.54, 1.807) is 18.4 Å². The average Bonchev–Trinajstić information content (AvgIpc) is 2.72. The summed E-state index contributed by atoms with van der Waals surface area (Å²) in [5.74, 6) is 0.721. The molecule has 0 fully saturated rings. The van der Waals surface area contributed by atoms with Crippen molar-refractivity contribution in [1.82, 2.24) is 5.32 Å². The van der Waals surface area contributed by atoms with Crippen molar-refractivity contribution in [3.63, 3.8) is 0 Å². The number of hydrogen-bond donors (Lipinski definition) is 1. The minimum Gasteiger partial charge on any atom is -0.468 e. The van der Waals surface area contributed by atoms with Crippen molar-refractivity contribution in [2.45, 2.75) is 26.4 Å². The minimum absolute atomic E-state index is 0.0928. The van der Waals surface area contributed by atoms with Crippen LogP contribution in [0.3, 0.4) is 0 Å². The van der Waals surface area contributed by atoms with Gasteiger partial charge in [-0.2, -0.15) is 0 Å². The van der Waals surface area contributed by atoms with Crippen molar-refractivity contribution in [2.75, 3.05) is 0 Å². The van der Waals surface area contributed by atoms with E-state index in [1.807, 2.05) is 26.0 Å². The van der Waals surface area contributed by atoms with E-state index in [1.165, 1.54) is 6.07 Å². The summed E-state index contributed by atoms with van der Waals surface area (Å²) >= 11 is 0. The van der Waals surface area contributed by atoms with Gasteiger partial charge in [0, 0.05) is 6.04 Å². The molecule has 3 heteroatoms. The molecule has 0 aliphatic rings. The molecule has 1 N–H and O–H groups in total. The molecule has 17 heavy (non-hydrogen) atoms. The van der Waals surface area contributed by atoms with Crippen molar-refractivity contribution < 1.29 is 8.81 Å². The van der Waals surface area contributed by atoms with Crippen LogP contribution in [0.5, 0.6) is 0 Å². The van der Waals surface area contributed by atoms with Gasteiger partial charge in [0.25, 0.3) is 0 Å². The minimum atomic E-state index is -0.203. The SMILES string of the molecule is Cc1ccoc1CN[C@@H](C)c1cccc(F)c1. The molecule has 1 heterocycles. The second-order valence-electron chi connectivity index (χ2n) is 4.18. The van der Waals surface area contributed by atoms with Crippen LogP contribution in [0.25, 0.3) is 0 Å². The third kappa shape index (κ3) is 2.94. The molecule has 0 saturated heterocycles. The van der Waals surface area contributed by atoms with E-state index in [0.29, 0.717) is 6.54 Å². The Morgan fingerprint density at radius 1 is 1.35 bits per heavy atom. The van der Waals surface area contributed by atoms with Gasteiger partial charge >= 0.3 is 0 Å². The predicted molar refractivity (Wildman–Crippen MR) is 65.1 cm³/mol. The lowest BCUT2D eigenvalue weighted by atomic mass is 10.1. The maximum Gasteiger partial charge on any atom is 0.123 e. The zero-order valence-corrected chi connectivity index (χ0v) is 10.0. The van der Waals surface area contributed by atoms with Gasteiger partial charge in [0.1, 0.15) is 11.6 Å². The van der Waals surface area contributed by atoms with E-state index in [9.17, 15) is 4.39 Å². The molecule has 0 saturated carbocycles. The highest BCUT2D eigenvalue weighted by Crippen LogP contribution is 2.15. The summed E-state index contributed by atoms with van der Waals surface area (Å²) in [5.41, 5.74) is 2.07. The van der Waals surface area contributed by atoms with E-state index in [2.05, 4.69) is 5.32 Å². The fourth-order valence-corrected chi connectivity index (χ4v) is 1.72. The summed E-state index contributed by atoms with van der Waals surface area (Å²) in [6.45, 7) is 4.66.